The maximum atomic E-state index is 5.65. The summed E-state index contributed by atoms with van der Waals surface area (Å²) in [6, 6.07) is 8.27. The van der Waals surface area contributed by atoms with Gasteiger partial charge in [0.25, 0.3) is 0 Å². The first-order valence-electron chi connectivity index (χ1n) is 5.12. The summed E-state index contributed by atoms with van der Waals surface area (Å²) in [5.74, 6) is 0.909. The number of hydrogen-bond donors (Lipinski definition) is 1. The Morgan fingerprint density at radius 1 is 1.33 bits per heavy atom. The summed E-state index contributed by atoms with van der Waals surface area (Å²) in [6.45, 7) is 3.33. The van der Waals surface area contributed by atoms with Gasteiger partial charge in [-0.1, -0.05) is 12.1 Å². The average Bonchev–Trinajstić information content (AvgIpc) is 2.24. The molecule has 3 heteroatoms. The van der Waals surface area contributed by atoms with Gasteiger partial charge in [0.2, 0.25) is 0 Å². The molecule has 15 heavy (non-hydrogen) atoms. The maximum Gasteiger partial charge on any atom is 0.119 e. The lowest BCUT2D eigenvalue weighted by Gasteiger charge is -2.16. The third-order valence-electron chi connectivity index (χ3n) is 2.22. The van der Waals surface area contributed by atoms with Crippen LogP contribution in [-0.4, -0.2) is 33.4 Å². The van der Waals surface area contributed by atoms with Crippen molar-refractivity contribution < 1.29 is 9.47 Å². The Morgan fingerprint density at radius 2 is 2.13 bits per heavy atom. The molecule has 0 radical (unpaired) electrons. The van der Waals surface area contributed by atoms with Crippen LogP contribution in [0.4, 0.5) is 0 Å². The van der Waals surface area contributed by atoms with Crippen molar-refractivity contribution in [2.75, 3.05) is 27.4 Å². The molecule has 0 heterocycles. The summed E-state index contributed by atoms with van der Waals surface area (Å²) in [5.41, 5.74) is 1.21. The Kier molecular flexibility index (Phi) is 5.15. The van der Waals surface area contributed by atoms with Gasteiger partial charge < -0.3 is 14.8 Å². The molecule has 1 rings (SSSR count). The molecule has 0 aliphatic carbocycles. The van der Waals surface area contributed by atoms with Gasteiger partial charge in [-0.2, -0.15) is 0 Å². The van der Waals surface area contributed by atoms with E-state index in [1.807, 2.05) is 25.2 Å². The lowest BCUT2D eigenvalue weighted by atomic mass is 10.2. The van der Waals surface area contributed by atoms with Crippen molar-refractivity contribution >= 4 is 0 Å². The predicted octanol–water partition coefficient (Wildman–Crippen LogP) is 1.61. The Morgan fingerprint density at radius 3 is 2.73 bits per heavy atom. The van der Waals surface area contributed by atoms with E-state index in [4.69, 9.17) is 9.47 Å². The summed E-state index contributed by atoms with van der Waals surface area (Å²) in [5, 5.41) is 3.14. The van der Waals surface area contributed by atoms with E-state index in [9.17, 15) is 0 Å². The minimum atomic E-state index is 0.232. The van der Waals surface area contributed by atoms with Gasteiger partial charge in [0.05, 0.1) is 12.6 Å². The molecule has 0 aliphatic rings. The van der Waals surface area contributed by atoms with Crippen LogP contribution in [-0.2, 0) is 4.74 Å². The fourth-order valence-electron chi connectivity index (χ4n) is 1.32. The first kappa shape index (κ1) is 12.0. The fourth-order valence-corrected chi connectivity index (χ4v) is 1.32. The lowest BCUT2D eigenvalue weighted by Crippen LogP contribution is -2.35. The maximum absolute atomic E-state index is 5.65. The second-order valence-corrected chi connectivity index (χ2v) is 3.57. The summed E-state index contributed by atoms with van der Waals surface area (Å²) >= 11 is 0. The second-order valence-electron chi connectivity index (χ2n) is 3.57. The summed E-state index contributed by atoms with van der Waals surface area (Å²) in [7, 11) is 3.60. The molecule has 1 atom stereocenters. The molecule has 3 nitrogen and oxygen atoms in total. The zero-order valence-corrected chi connectivity index (χ0v) is 9.62. The molecule has 0 amide bonds. The molecular weight excluding hydrogens is 190 g/mol. The van der Waals surface area contributed by atoms with Crippen molar-refractivity contribution in [3.05, 3.63) is 29.8 Å². The van der Waals surface area contributed by atoms with Crippen molar-refractivity contribution in [1.29, 1.82) is 0 Å². The summed E-state index contributed by atoms with van der Waals surface area (Å²) < 4.78 is 10.7. The molecule has 0 aromatic heterocycles. The number of benzene rings is 1. The van der Waals surface area contributed by atoms with Gasteiger partial charge in [0, 0.05) is 7.11 Å². The van der Waals surface area contributed by atoms with E-state index in [1.54, 1.807) is 7.11 Å². The van der Waals surface area contributed by atoms with E-state index in [0.29, 0.717) is 13.2 Å². The van der Waals surface area contributed by atoms with Crippen molar-refractivity contribution in [3.63, 3.8) is 0 Å². The normalized spacial score (nSPS) is 12.5. The Bertz CT molecular complexity index is 289. The highest BCUT2D eigenvalue weighted by atomic mass is 16.5. The molecule has 0 fully saturated rings. The highest BCUT2D eigenvalue weighted by molar-refractivity contribution is 5.27. The van der Waals surface area contributed by atoms with Crippen molar-refractivity contribution in [3.8, 4) is 5.75 Å². The quantitative estimate of drug-likeness (QED) is 0.772. The number of aryl methyl sites for hydroxylation is 1. The van der Waals surface area contributed by atoms with Gasteiger partial charge in [-0.15, -0.1) is 0 Å². The van der Waals surface area contributed by atoms with E-state index in [-0.39, 0.29) is 6.04 Å². The number of rotatable bonds is 6. The SMILES string of the molecule is CNC(COC)COc1cccc(C)c1. The zero-order chi connectivity index (χ0) is 11.1. The third kappa shape index (κ3) is 4.32. The van der Waals surface area contributed by atoms with Crippen LogP contribution in [0.15, 0.2) is 24.3 Å². The van der Waals surface area contributed by atoms with E-state index in [1.165, 1.54) is 5.56 Å². The molecule has 0 bridgehead atoms. The van der Waals surface area contributed by atoms with Gasteiger partial charge >= 0.3 is 0 Å². The standard InChI is InChI=1S/C12H19NO2/c1-10-5-4-6-12(7-10)15-9-11(13-2)8-14-3/h4-7,11,13H,8-9H2,1-3H3. The third-order valence-corrected chi connectivity index (χ3v) is 2.22. The first-order valence-corrected chi connectivity index (χ1v) is 5.12. The molecule has 1 aromatic rings. The molecule has 0 aliphatic heterocycles. The van der Waals surface area contributed by atoms with Crippen LogP contribution < -0.4 is 10.1 Å². The Labute approximate surface area is 91.4 Å². The van der Waals surface area contributed by atoms with E-state index in [2.05, 4.69) is 18.3 Å². The van der Waals surface area contributed by atoms with Crippen LogP contribution in [0.2, 0.25) is 0 Å². The predicted molar refractivity (Wildman–Crippen MR) is 61.4 cm³/mol. The number of nitrogens with one attached hydrogen (secondary N) is 1. The van der Waals surface area contributed by atoms with Crippen molar-refractivity contribution in [2.45, 2.75) is 13.0 Å². The average molecular weight is 209 g/mol. The smallest absolute Gasteiger partial charge is 0.119 e. The minimum Gasteiger partial charge on any atom is -0.492 e. The van der Waals surface area contributed by atoms with Gasteiger partial charge in [-0.3, -0.25) is 0 Å². The van der Waals surface area contributed by atoms with Crippen LogP contribution in [0, 0.1) is 6.92 Å². The molecule has 84 valence electrons. The molecule has 1 aromatic carbocycles. The highest BCUT2D eigenvalue weighted by Crippen LogP contribution is 2.12. The molecule has 1 unspecified atom stereocenters. The molecular formula is C12H19NO2. The number of likely N-dealkylation sites (N-methyl/N-ethyl adjacent to an activating group) is 1. The highest BCUT2D eigenvalue weighted by Gasteiger charge is 2.05. The number of methoxy groups -OCH3 is 1. The first-order chi connectivity index (χ1) is 7.26. The summed E-state index contributed by atoms with van der Waals surface area (Å²) in [4.78, 5) is 0. The van der Waals surface area contributed by atoms with Crippen LogP contribution in [0.3, 0.4) is 0 Å². The van der Waals surface area contributed by atoms with E-state index < -0.39 is 0 Å². The van der Waals surface area contributed by atoms with Crippen LogP contribution in [0.25, 0.3) is 0 Å². The monoisotopic (exact) mass is 209 g/mol. The number of hydrogen-bond acceptors (Lipinski definition) is 3. The molecule has 0 saturated carbocycles. The molecule has 0 spiro atoms. The van der Waals surface area contributed by atoms with Crippen LogP contribution in [0.1, 0.15) is 5.56 Å². The van der Waals surface area contributed by atoms with Crippen molar-refractivity contribution in [2.24, 2.45) is 0 Å². The van der Waals surface area contributed by atoms with Gasteiger partial charge in [0.1, 0.15) is 12.4 Å². The number of ether oxygens (including phenoxy) is 2. The fraction of sp³-hybridized carbons (Fsp3) is 0.500. The second kappa shape index (κ2) is 6.43. The van der Waals surface area contributed by atoms with Crippen LogP contribution >= 0.6 is 0 Å². The van der Waals surface area contributed by atoms with E-state index in [0.717, 1.165) is 5.75 Å². The Balaban J connectivity index is 2.41. The zero-order valence-electron chi connectivity index (χ0n) is 9.62. The van der Waals surface area contributed by atoms with E-state index >= 15 is 0 Å². The Hall–Kier alpha value is -1.06. The van der Waals surface area contributed by atoms with Crippen LogP contribution in [0.5, 0.6) is 5.75 Å². The van der Waals surface area contributed by atoms with Gasteiger partial charge in [0.15, 0.2) is 0 Å². The largest absolute Gasteiger partial charge is 0.492 e. The topological polar surface area (TPSA) is 30.5 Å². The summed E-state index contributed by atoms with van der Waals surface area (Å²) in [6.07, 6.45) is 0. The molecule has 1 N–H and O–H groups in total. The lowest BCUT2D eigenvalue weighted by molar-refractivity contribution is 0.140. The van der Waals surface area contributed by atoms with Crippen molar-refractivity contribution in [1.82, 2.24) is 5.32 Å². The minimum absolute atomic E-state index is 0.232. The van der Waals surface area contributed by atoms with Gasteiger partial charge in [-0.25, -0.2) is 0 Å². The molecule has 0 saturated heterocycles. The van der Waals surface area contributed by atoms with Gasteiger partial charge in [-0.05, 0) is 31.7 Å².